The molecule has 0 amide bonds. The summed E-state index contributed by atoms with van der Waals surface area (Å²) in [5.41, 5.74) is 5.05. The van der Waals surface area contributed by atoms with Gasteiger partial charge in [0.05, 0.1) is 6.04 Å². The Morgan fingerprint density at radius 2 is 1.84 bits per heavy atom. The van der Waals surface area contributed by atoms with Gasteiger partial charge in [-0.3, -0.25) is 0 Å². The van der Waals surface area contributed by atoms with E-state index in [1.165, 1.54) is 22.4 Å². The van der Waals surface area contributed by atoms with E-state index in [-0.39, 0.29) is 0 Å². The molecule has 2 aromatic rings. The fourth-order valence-corrected chi connectivity index (χ4v) is 2.44. The van der Waals surface area contributed by atoms with E-state index in [1.807, 2.05) is 18.2 Å². The molecule has 1 atom stereocenters. The fourth-order valence-electron chi connectivity index (χ4n) is 2.24. The first-order valence-corrected chi connectivity index (χ1v) is 7.08. The number of hydrogen-bond acceptors (Lipinski definition) is 1. The SMILES string of the molecule is CCC(Nc1cccc(C)c1C)c1cccc(Cl)c1. The molecule has 0 fully saturated rings. The number of hydrogen-bond donors (Lipinski definition) is 1. The molecule has 1 N–H and O–H groups in total. The van der Waals surface area contributed by atoms with Crippen molar-refractivity contribution >= 4 is 17.3 Å². The van der Waals surface area contributed by atoms with Crippen molar-refractivity contribution in [1.82, 2.24) is 0 Å². The second-order valence-corrected chi connectivity index (χ2v) is 5.34. The average Bonchev–Trinajstić information content (AvgIpc) is 2.40. The molecule has 0 aromatic heterocycles. The van der Waals surface area contributed by atoms with Gasteiger partial charge in [0.25, 0.3) is 0 Å². The van der Waals surface area contributed by atoms with E-state index < -0.39 is 0 Å². The molecule has 0 aliphatic rings. The van der Waals surface area contributed by atoms with Gasteiger partial charge in [-0.25, -0.2) is 0 Å². The molecule has 0 bridgehead atoms. The van der Waals surface area contributed by atoms with E-state index in [1.54, 1.807) is 0 Å². The molecule has 2 rings (SSSR count). The van der Waals surface area contributed by atoms with Crippen molar-refractivity contribution in [3.05, 3.63) is 64.2 Å². The third-order valence-corrected chi connectivity index (χ3v) is 3.83. The minimum absolute atomic E-state index is 0.291. The number of nitrogens with one attached hydrogen (secondary N) is 1. The minimum atomic E-state index is 0.291. The highest BCUT2D eigenvalue weighted by molar-refractivity contribution is 6.30. The number of aryl methyl sites for hydroxylation is 1. The summed E-state index contributed by atoms with van der Waals surface area (Å²) in [7, 11) is 0. The van der Waals surface area contributed by atoms with Crippen LogP contribution in [0.5, 0.6) is 0 Å². The van der Waals surface area contributed by atoms with Gasteiger partial charge in [0.15, 0.2) is 0 Å². The van der Waals surface area contributed by atoms with Crippen LogP contribution in [0.4, 0.5) is 5.69 Å². The quantitative estimate of drug-likeness (QED) is 0.773. The van der Waals surface area contributed by atoms with Crippen LogP contribution in [0, 0.1) is 13.8 Å². The number of benzene rings is 2. The Kier molecular flexibility index (Phi) is 4.49. The zero-order valence-electron chi connectivity index (χ0n) is 11.7. The Hall–Kier alpha value is -1.47. The van der Waals surface area contributed by atoms with Crippen molar-refractivity contribution in [2.24, 2.45) is 0 Å². The summed E-state index contributed by atoms with van der Waals surface area (Å²) >= 11 is 6.08. The molecule has 0 spiro atoms. The van der Waals surface area contributed by atoms with E-state index >= 15 is 0 Å². The first-order chi connectivity index (χ1) is 9.11. The highest BCUT2D eigenvalue weighted by Gasteiger charge is 2.11. The maximum atomic E-state index is 6.08. The van der Waals surface area contributed by atoms with Crippen molar-refractivity contribution in [3.8, 4) is 0 Å². The second kappa shape index (κ2) is 6.12. The van der Waals surface area contributed by atoms with Crippen molar-refractivity contribution in [2.75, 3.05) is 5.32 Å². The average molecular weight is 274 g/mol. The number of anilines is 1. The van der Waals surface area contributed by atoms with Gasteiger partial charge < -0.3 is 5.32 Å². The van der Waals surface area contributed by atoms with Gasteiger partial charge in [-0.2, -0.15) is 0 Å². The molecule has 0 radical (unpaired) electrons. The summed E-state index contributed by atoms with van der Waals surface area (Å²) in [6.45, 7) is 6.48. The number of rotatable bonds is 4. The van der Waals surface area contributed by atoms with Crippen LogP contribution >= 0.6 is 11.6 Å². The van der Waals surface area contributed by atoms with Gasteiger partial charge in [0, 0.05) is 10.7 Å². The van der Waals surface area contributed by atoms with Crippen LogP contribution in [0.3, 0.4) is 0 Å². The van der Waals surface area contributed by atoms with Gasteiger partial charge in [-0.05, 0) is 55.2 Å². The van der Waals surface area contributed by atoms with Crippen LogP contribution in [0.2, 0.25) is 5.02 Å². The molecule has 100 valence electrons. The Morgan fingerprint density at radius 1 is 1.11 bits per heavy atom. The Labute approximate surface area is 120 Å². The lowest BCUT2D eigenvalue weighted by molar-refractivity contribution is 0.748. The van der Waals surface area contributed by atoms with E-state index in [9.17, 15) is 0 Å². The lowest BCUT2D eigenvalue weighted by atomic mass is 10.0. The molecule has 19 heavy (non-hydrogen) atoms. The maximum absolute atomic E-state index is 6.08. The van der Waals surface area contributed by atoms with Gasteiger partial charge >= 0.3 is 0 Å². The van der Waals surface area contributed by atoms with Crippen LogP contribution in [0.15, 0.2) is 42.5 Å². The summed E-state index contributed by atoms with van der Waals surface area (Å²) in [5.74, 6) is 0. The lowest BCUT2D eigenvalue weighted by Crippen LogP contribution is -2.10. The van der Waals surface area contributed by atoms with Gasteiger partial charge in [-0.15, -0.1) is 0 Å². The van der Waals surface area contributed by atoms with E-state index in [0.717, 1.165) is 11.4 Å². The highest BCUT2D eigenvalue weighted by atomic mass is 35.5. The predicted octanol–water partition coefficient (Wildman–Crippen LogP) is 5.52. The van der Waals surface area contributed by atoms with E-state index in [2.05, 4.69) is 50.4 Å². The smallest absolute Gasteiger partial charge is 0.0511 e. The third-order valence-electron chi connectivity index (χ3n) is 3.59. The first-order valence-electron chi connectivity index (χ1n) is 6.70. The Bertz CT molecular complexity index is 563. The van der Waals surface area contributed by atoms with Crippen LogP contribution in [-0.4, -0.2) is 0 Å². The molecule has 2 aromatic carbocycles. The van der Waals surface area contributed by atoms with Crippen LogP contribution in [-0.2, 0) is 0 Å². The molecule has 2 heteroatoms. The Balaban J connectivity index is 2.26. The van der Waals surface area contributed by atoms with Crippen molar-refractivity contribution < 1.29 is 0 Å². The molecule has 0 saturated heterocycles. The van der Waals surface area contributed by atoms with Crippen molar-refractivity contribution in [2.45, 2.75) is 33.2 Å². The summed E-state index contributed by atoms with van der Waals surface area (Å²) in [6, 6.07) is 14.7. The second-order valence-electron chi connectivity index (χ2n) is 4.91. The largest absolute Gasteiger partial charge is 0.378 e. The zero-order chi connectivity index (χ0) is 13.8. The molecule has 1 unspecified atom stereocenters. The minimum Gasteiger partial charge on any atom is -0.378 e. The topological polar surface area (TPSA) is 12.0 Å². The standard InChI is InChI=1S/C17H20ClN/c1-4-16(14-8-6-9-15(18)11-14)19-17-10-5-7-12(2)13(17)3/h5-11,16,19H,4H2,1-3H3. The van der Waals surface area contributed by atoms with Gasteiger partial charge in [0.1, 0.15) is 0 Å². The highest BCUT2D eigenvalue weighted by Crippen LogP contribution is 2.27. The summed E-state index contributed by atoms with van der Waals surface area (Å²) in [6.07, 6.45) is 1.02. The maximum Gasteiger partial charge on any atom is 0.0511 e. The first kappa shape index (κ1) is 14.0. The van der Waals surface area contributed by atoms with Gasteiger partial charge in [-0.1, -0.05) is 42.8 Å². The fraction of sp³-hybridized carbons (Fsp3) is 0.294. The van der Waals surface area contributed by atoms with Crippen molar-refractivity contribution in [1.29, 1.82) is 0 Å². The Morgan fingerprint density at radius 3 is 2.53 bits per heavy atom. The third kappa shape index (κ3) is 3.30. The molecule has 0 heterocycles. The van der Waals surface area contributed by atoms with E-state index in [0.29, 0.717) is 6.04 Å². The normalized spacial score (nSPS) is 12.2. The van der Waals surface area contributed by atoms with Gasteiger partial charge in [0.2, 0.25) is 0 Å². The van der Waals surface area contributed by atoms with E-state index in [4.69, 9.17) is 11.6 Å². The van der Waals surface area contributed by atoms with Crippen LogP contribution < -0.4 is 5.32 Å². The molecule has 1 nitrogen and oxygen atoms in total. The lowest BCUT2D eigenvalue weighted by Gasteiger charge is -2.21. The summed E-state index contributed by atoms with van der Waals surface area (Å²) < 4.78 is 0. The molecule has 0 saturated carbocycles. The summed E-state index contributed by atoms with van der Waals surface area (Å²) in [5, 5.41) is 4.41. The monoisotopic (exact) mass is 273 g/mol. The molecular weight excluding hydrogens is 254 g/mol. The predicted molar refractivity (Wildman–Crippen MR) is 84.0 cm³/mol. The zero-order valence-corrected chi connectivity index (χ0v) is 12.5. The van der Waals surface area contributed by atoms with Crippen molar-refractivity contribution in [3.63, 3.8) is 0 Å². The number of halogens is 1. The molecular formula is C17H20ClN. The molecule has 0 aliphatic heterocycles. The summed E-state index contributed by atoms with van der Waals surface area (Å²) in [4.78, 5) is 0. The molecule has 0 aliphatic carbocycles. The van der Waals surface area contributed by atoms with Crippen LogP contribution in [0.25, 0.3) is 0 Å². The van der Waals surface area contributed by atoms with Crippen LogP contribution in [0.1, 0.15) is 36.1 Å².